The molecule has 0 fully saturated rings. The van der Waals surface area contributed by atoms with E-state index in [2.05, 4.69) is 20.0 Å². The van der Waals surface area contributed by atoms with E-state index in [1.807, 2.05) is 55.5 Å². The predicted octanol–water partition coefficient (Wildman–Crippen LogP) is 4.36. The lowest BCUT2D eigenvalue weighted by molar-refractivity contribution is 0.414. The van der Waals surface area contributed by atoms with Crippen molar-refractivity contribution >= 4 is 32.7 Å². The highest BCUT2D eigenvalue weighted by Gasteiger charge is 2.19. The molecule has 3 aromatic carbocycles. The minimum Gasteiger partial charge on any atom is -0.497 e. The molecule has 0 unspecified atom stereocenters. The number of nitrogens with zero attached hydrogens (tertiary/aromatic N) is 2. The number of sulfonamides is 1. The van der Waals surface area contributed by atoms with Crippen LogP contribution in [0.3, 0.4) is 0 Å². The van der Waals surface area contributed by atoms with Crippen LogP contribution in [-0.2, 0) is 16.6 Å². The first-order chi connectivity index (χ1) is 14.9. The molecule has 158 valence electrons. The monoisotopic (exact) mass is 434 g/mol. The number of methoxy groups -OCH3 is 1. The number of rotatable bonds is 7. The van der Waals surface area contributed by atoms with Crippen LogP contribution in [0.5, 0.6) is 5.75 Å². The van der Waals surface area contributed by atoms with Gasteiger partial charge in [-0.25, -0.2) is 18.4 Å². The maximum absolute atomic E-state index is 13.0. The van der Waals surface area contributed by atoms with Gasteiger partial charge in [-0.1, -0.05) is 36.4 Å². The fourth-order valence-corrected chi connectivity index (χ4v) is 4.21. The van der Waals surface area contributed by atoms with Gasteiger partial charge in [0.1, 0.15) is 5.75 Å². The van der Waals surface area contributed by atoms with E-state index >= 15 is 0 Å². The molecule has 1 aromatic heterocycles. The fourth-order valence-electron chi connectivity index (χ4n) is 3.09. The molecule has 4 aromatic rings. The zero-order valence-corrected chi connectivity index (χ0v) is 18.0. The SMILES string of the molecule is COc1ccc(CNc2nc3ccccc3nc2NS(=O)(=O)c2cccc(C)c2)cc1. The topological polar surface area (TPSA) is 93.2 Å². The van der Waals surface area contributed by atoms with Gasteiger partial charge in [0.15, 0.2) is 11.6 Å². The highest BCUT2D eigenvalue weighted by Crippen LogP contribution is 2.25. The maximum Gasteiger partial charge on any atom is 0.263 e. The number of nitrogens with one attached hydrogen (secondary N) is 2. The van der Waals surface area contributed by atoms with E-state index in [1.54, 1.807) is 31.4 Å². The second-order valence-electron chi connectivity index (χ2n) is 7.03. The Morgan fingerprint density at radius 1 is 0.871 bits per heavy atom. The first kappa shape index (κ1) is 20.6. The molecule has 0 atom stereocenters. The number of fused-ring (bicyclic) bond motifs is 1. The molecule has 7 nitrogen and oxygen atoms in total. The molecular formula is C23H22N4O3S. The van der Waals surface area contributed by atoms with Gasteiger partial charge in [-0.2, -0.15) is 0 Å². The molecule has 4 rings (SSSR count). The predicted molar refractivity (Wildman–Crippen MR) is 122 cm³/mol. The van der Waals surface area contributed by atoms with E-state index in [0.29, 0.717) is 23.4 Å². The quantitative estimate of drug-likeness (QED) is 0.449. The smallest absolute Gasteiger partial charge is 0.263 e. The molecule has 1 heterocycles. The van der Waals surface area contributed by atoms with Gasteiger partial charge in [0.25, 0.3) is 10.0 Å². The van der Waals surface area contributed by atoms with Crippen molar-refractivity contribution in [2.45, 2.75) is 18.4 Å². The number of para-hydroxylation sites is 2. The third kappa shape index (κ3) is 4.75. The summed E-state index contributed by atoms with van der Waals surface area (Å²) in [6.07, 6.45) is 0. The van der Waals surface area contributed by atoms with Crippen LogP contribution >= 0.6 is 0 Å². The standard InChI is InChI=1S/C23H22N4O3S/c1-16-6-5-7-19(14-16)31(28,29)27-23-22(25-20-8-3-4-9-21(20)26-23)24-15-17-10-12-18(30-2)13-11-17/h3-14H,15H2,1-2H3,(H,24,25)(H,26,27). The zero-order valence-electron chi connectivity index (χ0n) is 17.2. The Kier molecular flexibility index (Phi) is 5.73. The highest BCUT2D eigenvalue weighted by molar-refractivity contribution is 7.92. The van der Waals surface area contributed by atoms with E-state index in [1.165, 1.54) is 0 Å². The summed E-state index contributed by atoms with van der Waals surface area (Å²) in [5.74, 6) is 1.26. The van der Waals surface area contributed by atoms with Gasteiger partial charge >= 0.3 is 0 Å². The lowest BCUT2D eigenvalue weighted by atomic mass is 10.2. The number of aromatic nitrogens is 2. The van der Waals surface area contributed by atoms with Crippen LogP contribution in [0.4, 0.5) is 11.6 Å². The molecule has 0 spiro atoms. The van der Waals surface area contributed by atoms with Crippen LogP contribution in [-0.4, -0.2) is 25.5 Å². The normalized spacial score (nSPS) is 11.3. The van der Waals surface area contributed by atoms with E-state index in [0.717, 1.165) is 16.9 Å². The van der Waals surface area contributed by atoms with E-state index in [9.17, 15) is 8.42 Å². The van der Waals surface area contributed by atoms with Gasteiger partial charge < -0.3 is 10.1 Å². The number of hydrogen-bond acceptors (Lipinski definition) is 6. The minimum absolute atomic E-state index is 0.147. The van der Waals surface area contributed by atoms with Gasteiger partial charge in [-0.3, -0.25) is 4.72 Å². The lowest BCUT2D eigenvalue weighted by Crippen LogP contribution is -2.16. The molecule has 2 N–H and O–H groups in total. The van der Waals surface area contributed by atoms with Crippen molar-refractivity contribution in [3.63, 3.8) is 0 Å². The first-order valence-corrected chi connectivity index (χ1v) is 11.2. The van der Waals surface area contributed by atoms with Crippen LogP contribution < -0.4 is 14.8 Å². The van der Waals surface area contributed by atoms with Crippen LogP contribution in [0.25, 0.3) is 11.0 Å². The summed E-state index contributed by atoms with van der Waals surface area (Å²) in [7, 11) is -2.21. The number of anilines is 2. The lowest BCUT2D eigenvalue weighted by Gasteiger charge is -2.14. The molecule has 0 amide bonds. The van der Waals surface area contributed by atoms with Crippen molar-refractivity contribution in [2.24, 2.45) is 0 Å². The maximum atomic E-state index is 13.0. The fraction of sp³-hybridized carbons (Fsp3) is 0.130. The average molecular weight is 435 g/mol. The summed E-state index contributed by atoms with van der Waals surface area (Å²) in [4.78, 5) is 9.28. The van der Waals surface area contributed by atoms with Gasteiger partial charge in [0.05, 0.1) is 23.0 Å². The molecule has 0 radical (unpaired) electrons. The summed E-state index contributed by atoms with van der Waals surface area (Å²) in [5.41, 5.74) is 3.10. The molecule has 0 aliphatic carbocycles. The second kappa shape index (κ2) is 8.61. The Labute approximate surface area is 181 Å². The average Bonchev–Trinajstić information content (AvgIpc) is 2.78. The van der Waals surface area contributed by atoms with E-state index in [4.69, 9.17) is 4.74 Å². The molecule has 8 heteroatoms. The molecule has 0 saturated carbocycles. The molecular weight excluding hydrogens is 412 g/mol. The number of ether oxygens (including phenoxy) is 1. The molecule has 0 saturated heterocycles. The van der Waals surface area contributed by atoms with Crippen molar-refractivity contribution < 1.29 is 13.2 Å². The minimum atomic E-state index is -3.83. The number of benzene rings is 3. The third-order valence-corrected chi connectivity index (χ3v) is 6.06. The van der Waals surface area contributed by atoms with Crippen molar-refractivity contribution in [3.8, 4) is 5.75 Å². The Morgan fingerprint density at radius 3 is 2.19 bits per heavy atom. The summed E-state index contributed by atoms with van der Waals surface area (Å²) < 4.78 is 33.7. The van der Waals surface area contributed by atoms with Crippen LogP contribution in [0.2, 0.25) is 0 Å². The van der Waals surface area contributed by atoms with Crippen LogP contribution in [0.15, 0.2) is 77.7 Å². The molecule has 0 bridgehead atoms. The Morgan fingerprint density at radius 2 is 1.55 bits per heavy atom. The summed E-state index contributed by atoms with van der Waals surface area (Å²) in [6.45, 7) is 2.28. The summed E-state index contributed by atoms with van der Waals surface area (Å²) >= 11 is 0. The molecule has 31 heavy (non-hydrogen) atoms. The van der Waals surface area contributed by atoms with Crippen molar-refractivity contribution in [1.82, 2.24) is 9.97 Å². The molecule has 0 aliphatic rings. The Balaban J connectivity index is 1.67. The summed E-state index contributed by atoms with van der Waals surface area (Å²) in [5, 5.41) is 3.20. The number of hydrogen-bond donors (Lipinski definition) is 2. The van der Waals surface area contributed by atoms with Crippen molar-refractivity contribution in [2.75, 3.05) is 17.1 Å². The van der Waals surface area contributed by atoms with Gasteiger partial charge in [-0.05, 0) is 54.4 Å². The van der Waals surface area contributed by atoms with Crippen LogP contribution in [0.1, 0.15) is 11.1 Å². The molecule has 0 aliphatic heterocycles. The van der Waals surface area contributed by atoms with Gasteiger partial charge in [-0.15, -0.1) is 0 Å². The largest absolute Gasteiger partial charge is 0.497 e. The summed E-state index contributed by atoms with van der Waals surface area (Å²) in [6, 6.07) is 21.6. The number of aryl methyl sites for hydroxylation is 1. The Hall–Kier alpha value is -3.65. The highest BCUT2D eigenvalue weighted by atomic mass is 32.2. The van der Waals surface area contributed by atoms with E-state index < -0.39 is 10.0 Å². The van der Waals surface area contributed by atoms with Crippen LogP contribution in [0, 0.1) is 6.92 Å². The van der Waals surface area contributed by atoms with E-state index in [-0.39, 0.29) is 10.7 Å². The van der Waals surface area contributed by atoms with Gasteiger partial charge in [0.2, 0.25) is 0 Å². The third-order valence-electron chi connectivity index (χ3n) is 4.72. The first-order valence-electron chi connectivity index (χ1n) is 9.68. The zero-order chi connectivity index (χ0) is 21.8. The van der Waals surface area contributed by atoms with Crippen molar-refractivity contribution in [3.05, 3.63) is 83.9 Å². The van der Waals surface area contributed by atoms with Crippen molar-refractivity contribution in [1.29, 1.82) is 0 Å². The van der Waals surface area contributed by atoms with Gasteiger partial charge in [0, 0.05) is 6.54 Å². The Bertz CT molecular complexity index is 1320. The second-order valence-corrected chi connectivity index (χ2v) is 8.72.